The number of amides is 1. The van der Waals surface area contributed by atoms with E-state index < -0.39 is 0 Å². The molecule has 4 aliphatic carbocycles. The summed E-state index contributed by atoms with van der Waals surface area (Å²) in [6.07, 6.45) is 11.5. The van der Waals surface area contributed by atoms with E-state index in [-0.39, 0.29) is 5.91 Å². The zero-order valence-corrected chi connectivity index (χ0v) is 11.9. The van der Waals surface area contributed by atoms with Gasteiger partial charge >= 0.3 is 0 Å². The summed E-state index contributed by atoms with van der Waals surface area (Å²) in [6.45, 7) is 0.810. The Kier molecular flexibility index (Phi) is 2.86. The minimum atomic E-state index is -0.0211. The molecular formula is C16H23N3O. The Balaban J connectivity index is 1.34. The van der Waals surface area contributed by atoms with Crippen LogP contribution < -0.4 is 5.32 Å². The molecule has 4 nitrogen and oxygen atoms in total. The average Bonchev–Trinajstić information content (AvgIpc) is 2.90. The molecule has 4 fully saturated rings. The summed E-state index contributed by atoms with van der Waals surface area (Å²) >= 11 is 0. The van der Waals surface area contributed by atoms with Crippen molar-refractivity contribution in [2.24, 2.45) is 23.2 Å². The minimum absolute atomic E-state index is 0.0211. The van der Waals surface area contributed by atoms with E-state index in [0.29, 0.717) is 11.1 Å². The highest BCUT2D eigenvalue weighted by atomic mass is 16.1. The van der Waals surface area contributed by atoms with Crippen LogP contribution in [-0.4, -0.2) is 22.6 Å². The highest BCUT2D eigenvalue weighted by Gasteiger charge is 2.50. The van der Waals surface area contributed by atoms with Gasteiger partial charge in [-0.15, -0.1) is 0 Å². The topological polar surface area (TPSA) is 57.8 Å². The lowest BCUT2D eigenvalue weighted by atomic mass is 9.49. The molecule has 108 valence electrons. The maximum atomic E-state index is 11.9. The van der Waals surface area contributed by atoms with Gasteiger partial charge in [0.05, 0.1) is 0 Å². The van der Waals surface area contributed by atoms with Crippen molar-refractivity contribution >= 4 is 5.91 Å². The van der Waals surface area contributed by atoms with Crippen molar-refractivity contribution in [3.63, 3.8) is 0 Å². The molecule has 1 aromatic rings. The van der Waals surface area contributed by atoms with Gasteiger partial charge < -0.3 is 5.32 Å². The Morgan fingerprint density at radius 3 is 2.45 bits per heavy atom. The molecule has 0 saturated heterocycles. The molecule has 1 heterocycles. The fourth-order valence-electron chi connectivity index (χ4n) is 5.51. The van der Waals surface area contributed by atoms with Gasteiger partial charge in [0, 0.05) is 12.7 Å². The van der Waals surface area contributed by atoms with Crippen LogP contribution in [0.4, 0.5) is 0 Å². The second-order valence-corrected chi connectivity index (χ2v) is 7.39. The molecule has 5 rings (SSSR count). The third-order valence-electron chi connectivity index (χ3n) is 5.85. The largest absolute Gasteiger partial charge is 0.351 e. The van der Waals surface area contributed by atoms with Gasteiger partial charge in [-0.3, -0.25) is 9.89 Å². The summed E-state index contributed by atoms with van der Waals surface area (Å²) in [5.41, 5.74) is 1.12. The molecule has 1 aromatic heterocycles. The number of carbonyl (C=O) groups excluding carboxylic acids is 1. The van der Waals surface area contributed by atoms with E-state index in [0.717, 1.165) is 30.7 Å². The van der Waals surface area contributed by atoms with Crippen LogP contribution in [0.15, 0.2) is 12.3 Å². The van der Waals surface area contributed by atoms with Crippen LogP contribution in [0.5, 0.6) is 0 Å². The average molecular weight is 273 g/mol. The molecule has 1 amide bonds. The third-order valence-corrected chi connectivity index (χ3v) is 5.85. The predicted molar refractivity (Wildman–Crippen MR) is 76.1 cm³/mol. The number of hydrogen-bond donors (Lipinski definition) is 2. The van der Waals surface area contributed by atoms with Gasteiger partial charge in [0.15, 0.2) is 0 Å². The molecule has 4 heteroatoms. The zero-order valence-electron chi connectivity index (χ0n) is 11.9. The SMILES string of the molecule is O=C(NCCC12CC3CC(CC(C3)C1)C2)c1ccn[nH]1. The van der Waals surface area contributed by atoms with Crippen molar-refractivity contribution in [3.05, 3.63) is 18.0 Å². The molecular weight excluding hydrogens is 250 g/mol. The smallest absolute Gasteiger partial charge is 0.269 e. The van der Waals surface area contributed by atoms with Gasteiger partial charge in [0.1, 0.15) is 5.69 Å². The molecule has 0 atom stereocenters. The summed E-state index contributed by atoms with van der Waals surface area (Å²) in [6, 6.07) is 1.72. The van der Waals surface area contributed by atoms with E-state index >= 15 is 0 Å². The number of nitrogens with zero attached hydrogens (tertiary/aromatic N) is 1. The first-order valence-corrected chi connectivity index (χ1v) is 8.00. The summed E-state index contributed by atoms with van der Waals surface area (Å²) < 4.78 is 0. The van der Waals surface area contributed by atoms with Gasteiger partial charge in [-0.25, -0.2) is 0 Å². The van der Waals surface area contributed by atoms with E-state index in [4.69, 9.17) is 0 Å². The molecule has 0 radical (unpaired) electrons. The van der Waals surface area contributed by atoms with Crippen molar-refractivity contribution in [1.82, 2.24) is 15.5 Å². The summed E-state index contributed by atoms with van der Waals surface area (Å²) in [7, 11) is 0. The first kappa shape index (κ1) is 12.4. The molecule has 4 saturated carbocycles. The molecule has 4 bridgehead atoms. The van der Waals surface area contributed by atoms with E-state index in [1.807, 2.05) is 0 Å². The Morgan fingerprint density at radius 1 is 1.25 bits per heavy atom. The number of carbonyl (C=O) groups is 1. The van der Waals surface area contributed by atoms with Crippen LogP contribution >= 0.6 is 0 Å². The number of hydrogen-bond acceptors (Lipinski definition) is 2. The Bertz CT molecular complexity index is 459. The highest BCUT2D eigenvalue weighted by molar-refractivity contribution is 5.92. The Morgan fingerprint density at radius 2 is 1.90 bits per heavy atom. The number of aromatic amines is 1. The second-order valence-electron chi connectivity index (χ2n) is 7.39. The Hall–Kier alpha value is -1.32. The number of nitrogens with one attached hydrogen (secondary N) is 2. The van der Waals surface area contributed by atoms with Gasteiger partial charge in [-0.05, 0) is 74.2 Å². The predicted octanol–water partition coefficient (Wildman–Crippen LogP) is 2.75. The first-order valence-electron chi connectivity index (χ1n) is 8.00. The molecule has 0 spiro atoms. The fraction of sp³-hybridized carbons (Fsp3) is 0.750. The summed E-state index contributed by atoms with van der Waals surface area (Å²) in [4.78, 5) is 11.9. The van der Waals surface area contributed by atoms with Crippen LogP contribution in [0.2, 0.25) is 0 Å². The summed E-state index contributed by atoms with van der Waals surface area (Å²) in [5, 5.41) is 9.59. The Labute approximate surface area is 119 Å². The molecule has 0 unspecified atom stereocenters. The maximum Gasteiger partial charge on any atom is 0.269 e. The number of rotatable bonds is 4. The third kappa shape index (κ3) is 2.15. The standard InChI is InChI=1S/C16H23N3O/c20-15(14-1-3-18-19-14)17-4-2-16-8-11-5-12(9-16)7-13(6-11)10-16/h1,3,11-13H,2,4-10H2,(H,17,20)(H,18,19). The monoisotopic (exact) mass is 273 g/mol. The molecule has 4 aliphatic rings. The second kappa shape index (κ2) is 4.61. The van der Waals surface area contributed by atoms with Crippen molar-refractivity contribution < 1.29 is 4.79 Å². The van der Waals surface area contributed by atoms with Crippen molar-refractivity contribution in [1.29, 1.82) is 0 Å². The van der Waals surface area contributed by atoms with Gasteiger partial charge in [-0.1, -0.05) is 0 Å². The molecule has 0 aliphatic heterocycles. The first-order chi connectivity index (χ1) is 9.72. The van der Waals surface area contributed by atoms with Gasteiger partial charge in [-0.2, -0.15) is 5.10 Å². The van der Waals surface area contributed by atoms with Crippen LogP contribution in [0.25, 0.3) is 0 Å². The van der Waals surface area contributed by atoms with E-state index in [2.05, 4.69) is 15.5 Å². The number of aromatic nitrogens is 2. The highest BCUT2D eigenvalue weighted by Crippen LogP contribution is 2.61. The van der Waals surface area contributed by atoms with Gasteiger partial charge in [0.2, 0.25) is 0 Å². The van der Waals surface area contributed by atoms with Crippen molar-refractivity contribution in [3.8, 4) is 0 Å². The normalized spacial score (nSPS) is 38.1. The molecule has 2 N–H and O–H groups in total. The molecule has 0 aromatic carbocycles. The number of H-pyrrole nitrogens is 1. The maximum absolute atomic E-state index is 11.9. The van der Waals surface area contributed by atoms with E-state index in [9.17, 15) is 4.79 Å². The van der Waals surface area contributed by atoms with E-state index in [1.165, 1.54) is 38.5 Å². The van der Waals surface area contributed by atoms with Crippen LogP contribution in [0, 0.1) is 23.2 Å². The van der Waals surface area contributed by atoms with Crippen LogP contribution in [0.1, 0.15) is 55.4 Å². The molecule has 20 heavy (non-hydrogen) atoms. The lowest BCUT2D eigenvalue weighted by Gasteiger charge is -2.57. The van der Waals surface area contributed by atoms with Crippen LogP contribution in [-0.2, 0) is 0 Å². The van der Waals surface area contributed by atoms with Crippen molar-refractivity contribution in [2.75, 3.05) is 6.54 Å². The van der Waals surface area contributed by atoms with E-state index in [1.54, 1.807) is 12.3 Å². The lowest BCUT2D eigenvalue weighted by molar-refractivity contribution is -0.0564. The zero-order chi connectivity index (χ0) is 13.6. The lowest BCUT2D eigenvalue weighted by Crippen LogP contribution is -2.47. The van der Waals surface area contributed by atoms with Crippen LogP contribution in [0.3, 0.4) is 0 Å². The van der Waals surface area contributed by atoms with Crippen molar-refractivity contribution in [2.45, 2.75) is 44.9 Å². The fourth-order valence-corrected chi connectivity index (χ4v) is 5.51. The minimum Gasteiger partial charge on any atom is -0.351 e. The quantitative estimate of drug-likeness (QED) is 0.886. The van der Waals surface area contributed by atoms with Gasteiger partial charge in [0.25, 0.3) is 5.91 Å². The summed E-state index contributed by atoms with van der Waals surface area (Å²) in [5.74, 6) is 2.95.